The zero-order valence-electron chi connectivity index (χ0n) is 17.2. The van der Waals surface area contributed by atoms with Crippen LogP contribution in [0.4, 0.5) is 11.5 Å². The van der Waals surface area contributed by atoms with Crippen molar-refractivity contribution in [1.82, 2.24) is 5.16 Å². The average molecular weight is 431 g/mol. The summed E-state index contributed by atoms with van der Waals surface area (Å²) in [6.07, 6.45) is 0.738. The van der Waals surface area contributed by atoms with E-state index in [2.05, 4.69) is 5.16 Å². The third kappa shape index (κ3) is 2.89. The summed E-state index contributed by atoms with van der Waals surface area (Å²) in [5.41, 5.74) is 1.55. The topological polar surface area (TPSA) is 120 Å². The SMILES string of the molecule is CCc1ccc2oc3c(c(=O)c2c1)[C@H](c1ccc([N+](=O)[O-])cc1)N(c1cc(C)on1)C3=O. The van der Waals surface area contributed by atoms with Crippen LogP contribution in [0, 0.1) is 17.0 Å². The Balaban J connectivity index is 1.78. The summed E-state index contributed by atoms with van der Waals surface area (Å²) in [7, 11) is 0. The van der Waals surface area contributed by atoms with E-state index in [1.54, 1.807) is 25.1 Å². The predicted octanol–water partition coefficient (Wildman–Crippen LogP) is 4.31. The molecule has 2 aromatic carbocycles. The smallest absolute Gasteiger partial charge is 0.296 e. The summed E-state index contributed by atoms with van der Waals surface area (Å²) >= 11 is 0. The lowest BCUT2D eigenvalue weighted by Crippen LogP contribution is -2.29. The molecule has 0 saturated carbocycles. The lowest BCUT2D eigenvalue weighted by molar-refractivity contribution is -0.384. The Hall–Kier alpha value is -4.27. The van der Waals surface area contributed by atoms with Crippen LogP contribution in [0.25, 0.3) is 11.0 Å². The minimum Gasteiger partial charge on any atom is -0.450 e. The van der Waals surface area contributed by atoms with Crippen LogP contribution >= 0.6 is 0 Å². The summed E-state index contributed by atoms with van der Waals surface area (Å²) < 4.78 is 11.1. The van der Waals surface area contributed by atoms with Crippen molar-refractivity contribution in [3.63, 3.8) is 0 Å². The summed E-state index contributed by atoms with van der Waals surface area (Å²) in [5, 5.41) is 15.4. The van der Waals surface area contributed by atoms with Gasteiger partial charge in [0.05, 0.1) is 21.9 Å². The summed E-state index contributed by atoms with van der Waals surface area (Å²) in [6.45, 7) is 3.67. The number of aromatic nitrogens is 1. The van der Waals surface area contributed by atoms with Gasteiger partial charge in [-0.2, -0.15) is 0 Å². The maximum absolute atomic E-state index is 13.6. The van der Waals surface area contributed by atoms with E-state index in [1.165, 1.54) is 29.2 Å². The Kier molecular flexibility index (Phi) is 4.40. The van der Waals surface area contributed by atoms with Gasteiger partial charge in [0.25, 0.3) is 11.6 Å². The molecule has 5 rings (SSSR count). The molecule has 1 amide bonds. The molecule has 0 radical (unpaired) electrons. The third-order valence-electron chi connectivity index (χ3n) is 5.62. The van der Waals surface area contributed by atoms with Gasteiger partial charge in [-0.1, -0.05) is 18.1 Å². The van der Waals surface area contributed by atoms with Gasteiger partial charge in [-0.15, -0.1) is 0 Å². The van der Waals surface area contributed by atoms with Crippen LogP contribution in [-0.2, 0) is 6.42 Å². The molecule has 0 bridgehead atoms. The monoisotopic (exact) mass is 431 g/mol. The highest BCUT2D eigenvalue weighted by Gasteiger charge is 2.45. The molecule has 0 aliphatic carbocycles. The molecule has 0 unspecified atom stereocenters. The highest BCUT2D eigenvalue weighted by atomic mass is 16.6. The lowest BCUT2D eigenvalue weighted by Gasteiger charge is -2.22. The zero-order chi connectivity index (χ0) is 22.6. The van der Waals surface area contributed by atoms with Gasteiger partial charge in [-0.3, -0.25) is 24.6 Å². The number of fused-ring (bicyclic) bond motifs is 2. The number of anilines is 1. The van der Waals surface area contributed by atoms with Crippen molar-refractivity contribution in [3.8, 4) is 0 Å². The van der Waals surface area contributed by atoms with E-state index in [0.29, 0.717) is 22.3 Å². The Morgan fingerprint density at radius 3 is 2.50 bits per heavy atom. The number of carbonyl (C=O) groups excluding carboxylic acids is 1. The maximum Gasteiger partial charge on any atom is 0.296 e. The number of nitro benzene ring substituents is 1. The van der Waals surface area contributed by atoms with Crippen LogP contribution in [0.1, 0.15) is 46.0 Å². The number of non-ortho nitro benzene ring substituents is 1. The first-order valence-electron chi connectivity index (χ1n) is 10.00. The molecule has 1 aliphatic heterocycles. The first kappa shape index (κ1) is 19.7. The molecule has 4 aromatic rings. The van der Waals surface area contributed by atoms with E-state index < -0.39 is 16.9 Å². The summed E-state index contributed by atoms with van der Waals surface area (Å²) in [5.74, 6) is 0.106. The van der Waals surface area contributed by atoms with Gasteiger partial charge in [-0.05, 0) is 48.7 Å². The minimum atomic E-state index is -0.867. The first-order valence-corrected chi connectivity index (χ1v) is 10.00. The number of rotatable bonds is 4. The number of carbonyl (C=O) groups is 1. The van der Waals surface area contributed by atoms with Gasteiger partial charge in [0.1, 0.15) is 11.3 Å². The molecular formula is C23H17N3O6. The Labute approximate surface area is 181 Å². The maximum atomic E-state index is 13.6. The van der Waals surface area contributed by atoms with Gasteiger partial charge in [0.15, 0.2) is 11.2 Å². The molecular weight excluding hydrogens is 414 g/mol. The average Bonchev–Trinajstić information content (AvgIpc) is 3.34. The molecule has 1 aliphatic rings. The van der Waals surface area contributed by atoms with Gasteiger partial charge in [0, 0.05) is 18.2 Å². The van der Waals surface area contributed by atoms with Crippen molar-refractivity contribution in [2.45, 2.75) is 26.3 Å². The lowest BCUT2D eigenvalue weighted by atomic mass is 9.97. The molecule has 3 heterocycles. The second-order valence-electron chi connectivity index (χ2n) is 7.58. The third-order valence-corrected chi connectivity index (χ3v) is 5.62. The number of hydrogen-bond acceptors (Lipinski definition) is 7. The number of benzene rings is 2. The highest BCUT2D eigenvalue weighted by Crippen LogP contribution is 2.41. The molecule has 0 saturated heterocycles. The standard InChI is InChI=1S/C23H17N3O6/c1-3-13-4-9-17-16(11-13)21(27)19-20(14-5-7-15(8-6-14)26(29)30)25(23(28)22(19)31-17)18-10-12(2)32-24-18/h4-11,20H,3H2,1-2H3/t20-/m0/s1. The Morgan fingerprint density at radius 1 is 1.12 bits per heavy atom. The fraction of sp³-hybridized carbons (Fsp3) is 0.174. The van der Waals surface area contributed by atoms with Gasteiger partial charge < -0.3 is 8.94 Å². The quantitative estimate of drug-likeness (QED) is 0.349. The van der Waals surface area contributed by atoms with Crippen molar-refractivity contribution < 1.29 is 18.7 Å². The number of nitro groups is 1. The van der Waals surface area contributed by atoms with Crippen molar-refractivity contribution in [2.24, 2.45) is 0 Å². The Morgan fingerprint density at radius 2 is 1.88 bits per heavy atom. The van der Waals surface area contributed by atoms with Crippen molar-refractivity contribution in [1.29, 1.82) is 0 Å². The highest BCUT2D eigenvalue weighted by molar-refractivity contribution is 6.10. The van der Waals surface area contributed by atoms with E-state index >= 15 is 0 Å². The number of hydrogen-bond donors (Lipinski definition) is 0. The van der Waals surface area contributed by atoms with Gasteiger partial charge in [-0.25, -0.2) is 0 Å². The first-order chi connectivity index (χ1) is 15.4. The molecule has 1 atom stereocenters. The van der Waals surface area contributed by atoms with E-state index in [1.807, 2.05) is 13.0 Å². The minimum absolute atomic E-state index is 0.0734. The van der Waals surface area contributed by atoms with Crippen LogP contribution in [0.5, 0.6) is 0 Å². The van der Waals surface area contributed by atoms with Crippen molar-refractivity contribution >= 4 is 28.4 Å². The predicted molar refractivity (Wildman–Crippen MR) is 115 cm³/mol. The number of aryl methyl sites for hydroxylation is 2. The van der Waals surface area contributed by atoms with Crippen LogP contribution in [0.3, 0.4) is 0 Å². The molecule has 9 heteroatoms. The fourth-order valence-electron chi connectivity index (χ4n) is 4.04. The van der Waals surface area contributed by atoms with E-state index in [9.17, 15) is 19.7 Å². The molecule has 0 N–H and O–H groups in total. The van der Waals surface area contributed by atoms with E-state index in [0.717, 1.165) is 12.0 Å². The Bertz CT molecular complexity index is 1450. The second kappa shape index (κ2) is 7.16. The van der Waals surface area contributed by atoms with Crippen LogP contribution < -0.4 is 10.3 Å². The van der Waals surface area contributed by atoms with E-state index in [4.69, 9.17) is 8.94 Å². The van der Waals surface area contributed by atoms with Crippen LogP contribution in [0.15, 0.2) is 62.3 Å². The van der Waals surface area contributed by atoms with Crippen LogP contribution in [-0.4, -0.2) is 16.0 Å². The van der Waals surface area contributed by atoms with Gasteiger partial charge >= 0.3 is 0 Å². The molecule has 9 nitrogen and oxygen atoms in total. The van der Waals surface area contributed by atoms with E-state index in [-0.39, 0.29) is 28.3 Å². The van der Waals surface area contributed by atoms with Crippen molar-refractivity contribution in [3.05, 3.63) is 97.1 Å². The fourth-order valence-corrected chi connectivity index (χ4v) is 4.04. The molecule has 0 spiro atoms. The summed E-state index contributed by atoms with van der Waals surface area (Å²) in [6, 6.07) is 11.7. The number of amides is 1. The zero-order valence-corrected chi connectivity index (χ0v) is 17.2. The normalized spacial score (nSPS) is 15.4. The van der Waals surface area contributed by atoms with Crippen molar-refractivity contribution in [2.75, 3.05) is 4.90 Å². The largest absolute Gasteiger partial charge is 0.450 e. The molecule has 160 valence electrons. The summed E-state index contributed by atoms with van der Waals surface area (Å²) in [4.78, 5) is 38.9. The number of nitrogens with zero attached hydrogens (tertiary/aromatic N) is 3. The molecule has 2 aromatic heterocycles. The van der Waals surface area contributed by atoms with Crippen LogP contribution in [0.2, 0.25) is 0 Å². The second-order valence-corrected chi connectivity index (χ2v) is 7.58. The molecule has 0 fully saturated rings. The molecule has 32 heavy (non-hydrogen) atoms. The van der Waals surface area contributed by atoms with Gasteiger partial charge in [0.2, 0.25) is 5.76 Å².